The number of benzene rings is 1. The Morgan fingerprint density at radius 2 is 1.91 bits per heavy atom. The van der Waals surface area contributed by atoms with Crippen LogP contribution in [0.2, 0.25) is 0 Å². The fourth-order valence-electron chi connectivity index (χ4n) is 1.65. The molecule has 0 aliphatic carbocycles. The molecule has 1 aromatic carbocycles. The molecule has 1 heterocycles. The second-order valence-electron chi connectivity index (χ2n) is 4.27. The lowest BCUT2D eigenvalue weighted by atomic mass is 10.2. The smallest absolute Gasteiger partial charge is 0.251 e. The van der Waals surface area contributed by atoms with Crippen LogP contribution < -0.4 is 10.6 Å². The zero-order valence-electron chi connectivity index (χ0n) is 11.5. The van der Waals surface area contributed by atoms with E-state index in [0.717, 1.165) is 4.88 Å². The molecule has 0 atom stereocenters. The number of nitrogens with zero attached hydrogens (tertiary/aromatic N) is 2. The first-order valence-electron chi connectivity index (χ1n) is 6.40. The molecule has 1 aromatic heterocycles. The first-order valence-corrected chi connectivity index (χ1v) is 7.28. The Labute approximate surface area is 132 Å². The van der Waals surface area contributed by atoms with Gasteiger partial charge in [-0.3, -0.25) is 4.79 Å². The number of allylic oxidation sites excluding steroid dienone is 1. The number of hydrogen-bond acceptors (Lipinski definition) is 5. The average Bonchev–Trinajstić information content (AvgIpc) is 3.07. The Morgan fingerprint density at radius 3 is 2.50 bits per heavy atom. The van der Waals surface area contributed by atoms with Gasteiger partial charge in [0.25, 0.3) is 5.91 Å². The third-order valence-corrected chi connectivity index (χ3v) is 3.65. The summed E-state index contributed by atoms with van der Waals surface area (Å²) in [6, 6.07) is 14.2. The van der Waals surface area contributed by atoms with E-state index in [4.69, 9.17) is 10.5 Å². The van der Waals surface area contributed by atoms with Crippen molar-refractivity contribution >= 4 is 22.9 Å². The predicted octanol–water partition coefficient (Wildman–Crippen LogP) is 3.02. The molecule has 0 unspecified atom stereocenters. The topological polar surface area (TPSA) is 88.7 Å². The number of anilines is 1. The van der Waals surface area contributed by atoms with Crippen molar-refractivity contribution in [3.63, 3.8) is 0 Å². The Kier molecular flexibility index (Phi) is 5.31. The molecule has 22 heavy (non-hydrogen) atoms. The molecular formula is C16H12N4OS. The minimum absolute atomic E-state index is 0.0160. The molecule has 2 aromatic rings. The van der Waals surface area contributed by atoms with Crippen molar-refractivity contribution in [3.05, 3.63) is 64.0 Å². The summed E-state index contributed by atoms with van der Waals surface area (Å²) in [5.41, 5.74) is 1.22. The van der Waals surface area contributed by atoms with E-state index in [1.165, 1.54) is 6.20 Å². The van der Waals surface area contributed by atoms with Crippen LogP contribution in [0.1, 0.15) is 15.2 Å². The van der Waals surface area contributed by atoms with E-state index in [2.05, 4.69) is 10.6 Å². The monoisotopic (exact) mass is 308 g/mol. The van der Waals surface area contributed by atoms with Gasteiger partial charge < -0.3 is 10.6 Å². The third kappa shape index (κ3) is 4.20. The molecule has 108 valence electrons. The van der Waals surface area contributed by atoms with E-state index in [9.17, 15) is 4.79 Å². The van der Waals surface area contributed by atoms with Crippen molar-refractivity contribution in [1.82, 2.24) is 5.32 Å². The highest BCUT2D eigenvalue weighted by atomic mass is 32.1. The molecule has 2 N–H and O–H groups in total. The number of carbonyl (C=O) groups is 1. The van der Waals surface area contributed by atoms with Gasteiger partial charge in [-0.25, -0.2) is 0 Å². The Balaban J connectivity index is 1.94. The second kappa shape index (κ2) is 7.63. The summed E-state index contributed by atoms with van der Waals surface area (Å²) in [4.78, 5) is 13.1. The van der Waals surface area contributed by atoms with Crippen molar-refractivity contribution in [1.29, 1.82) is 10.5 Å². The quantitative estimate of drug-likeness (QED) is 0.831. The third-order valence-electron chi connectivity index (χ3n) is 2.77. The van der Waals surface area contributed by atoms with Crippen LogP contribution >= 0.6 is 11.3 Å². The van der Waals surface area contributed by atoms with Gasteiger partial charge in [-0.1, -0.05) is 6.07 Å². The van der Waals surface area contributed by atoms with Crippen LogP contribution in [0.5, 0.6) is 0 Å². The number of hydrogen-bond donors (Lipinski definition) is 2. The lowest BCUT2D eigenvalue weighted by molar-refractivity contribution is 0.0951. The number of nitrogens with one attached hydrogen (secondary N) is 2. The maximum atomic E-state index is 12.0. The largest absolute Gasteiger partial charge is 0.360 e. The highest BCUT2D eigenvalue weighted by Crippen LogP contribution is 2.11. The first-order chi connectivity index (χ1) is 10.7. The number of nitriles is 2. The minimum Gasteiger partial charge on any atom is -0.360 e. The molecule has 0 saturated carbocycles. The molecule has 0 radical (unpaired) electrons. The van der Waals surface area contributed by atoms with E-state index in [1.807, 2.05) is 17.5 Å². The Morgan fingerprint density at radius 1 is 1.18 bits per heavy atom. The fraction of sp³-hybridized carbons (Fsp3) is 0.0625. The van der Waals surface area contributed by atoms with E-state index in [-0.39, 0.29) is 11.5 Å². The molecule has 0 fully saturated rings. The highest BCUT2D eigenvalue weighted by molar-refractivity contribution is 7.09. The summed E-state index contributed by atoms with van der Waals surface area (Å²) in [5.74, 6) is -0.148. The predicted molar refractivity (Wildman–Crippen MR) is 84.9 cm³/mol. The standard InChI is InChI=1S/C16H12N4OS/c17-8-12(9-18)10-19-14-5-3-13(4-6-14)16(21)20-11-15-2-1-7-22-15/h1-7,10,19H,11H2,(H,20,21). The zero-order valence-corrected chi connectivity index (χ0v) is 12.4. The van der Waals surface area contributed by atoms with Crippen LogP contribution in [0.25, 0.3) is 0 Å². The molecule has 0 aliphatic rings. The van der Waals surface area contributed by atoms with Crippen LogP contribution in [0.15, 0.2) is 53.6 Å². The van der Waals surface area contributed by atoms with Crippen molar-refractivity contribution < 1.29 is 4.79 Å². The summed E-state index contributed by atoms with van der Waals surface area (Å²) in [7, 11) is 0. The van der Waals surface area contributed by atoms with Crippen LogP contribution in [-0.4, -0.2) is 5.91 Å². The first kappa shape index (κ1) is 15.3. The van der Waals surface area contributed by atoms with Crippen molar-refractivity contribution in [2.24, 2.45) is 0 Å². The van der Waals surface area contributed by atoms with E-state index < -0.39 is 0 Å². The van der Waals surface area contributed by atoms with Crippen molar-refractivity contribution in [2.75, 3.05) is 5.32 Å². The normalized spacial score (nSPS) is 9.18. The van der Waals surface area contributed by atoms with Gasteiger partial charge in [-0.2, -0.15) is 10.5 Å². The van der Waals surface area contributed by atoms with E-state index in [1.54, 1.807) is 47.7 Å². The summed E-state index contributed by atoms with van der Waals surface area (Å²) >= 11 is 1.59. The number of amides is 1. The number of thiophene rings is 1. The van der Waals surface area contributed by atoms with Gasteiger partial charge in [-0.05, 0) is 35.7 Å². The van der Waals surface area contributed by atoms with Crippen LogP contribution in [0, 0.1) is 22.7 Å². The van der Waals surface area contributed by atoms with Gasteiger partial charge in [0.2, 0.25) is 0 Å². The van der Waals surface area contributed by atoms with Crippen LogP contribution in [0.3, 0.4) is 0 Å². The second-order valence-corrected chi connectivity index (χ2v) is 5.30. The molecule has 0 aliphatic heterocycles. The maximum absolute atomic E-state index is 12.0. The highest BCUT2D eigenvalue weighted by Gasteiger charge is 2.05. The SMILES string of the molecule is N#CC(C#N)=CNc1ccc(C(=O)NCc2cccs2)cc1. The van der Waals surface area contributed by atoms with Crippen LogP contribution in [-0.2, 0) is 6.54 Å². The van der Waals surface area contributed by atoms with E-state index in [0.29, 0.717) is 17.8 Å². The molecule has 1 amide bonds. The van der Waals surface area contributed by atoms with E-state index >= 15 is 0 Å². The number of carbonyl (C=O) groups excluding carboxylic acids is 1. The lowest BCUT2D eigenvalue weighted by Gasteiger charge is -2.05. The van der Waals surface area contributed by atoms with Gasteiger partial charge in [-0.15, -0.1) is 11.3 Å². The molecular weight excluding hydrogens is 296 g/mol. The summed E-state index contributed by atoms with van der Waals surface area (Å²) in [5, 5.41) is 24.9. The van der Waals surface area contributed by atoms with Gasteiger partial charge in [0, 0.05) is 22.3 Å². The van der Waals surface area contributed by atoms with Gasteiger partial charge >= 0.3 is 0 Å². The number of rotatable bonds is 5. The van der Waals surface area contributed by atoms with Gasteiger partial charge in [0.05, 0.1) is 6.54 Å². The van der Waals surface area contributed by atoms with Crippen molar-refractivity contribution in [2.45, 2.75) is 6.54 Å². The summed E-state index contributed by atoms with van der Waals surface area (Å²) in [6.45, 7) is 0.507. The fourth-order valence-corrected chi connectivity index (χ4v) is 2.29. The summed E-state index contributed by atoms with van der Waals surface area (Å²) in [6.07, 6.45) is 1.33. The molecule has 2 rings (SSSR count). The molecule has 5 nitrogen and oxygen atoms in total. The van der Waals surface area contributed by atoms with Gasteiger partial charge in [0.15, 0.2) is 0 Å². The maximum Gasteiger partial charge on any atom is 0.251 e. The Bertz CT molecular complexity index is 733. The lowest BCUT2D eigenvalue weighted by Crippen LogP contribution is -2.22. The van der Waals surface area contributed by atoms with Crippen molar-refractivity contribution in [3.8, 4) is 12.1 Å². The van der Waals surface area contributed by atoms with Crippen LogP contribution in [0.4, 0.5) is 5.69 Å². The summed E-state index contributed by atoms with van der Waals surface area (Å²) < 4.78 is 0. The minimum atomic E-state index is -0.148. The molecule has 0 saturated heterocycles. The Hall–Kier alpha value is -3.09. The molecule has 0 spiro atoms. The van der Waals surface area contributed by atoms with Gasteiger partial charge in [0.1, 0.15) is 17.7 Å². The average molecular weight is 308 g/mol. The molecule has 0 bridgehead atoms. The zero-order chi connectivity index (χ0) is 15.8. The molecule has 6 heteroatoms.